The van der Waals surface area contributed by atoms with Gasteiger partial charge in [-0.2, -0.15) is 0 Å². The maximum absolute atomic E-state index is 12.0. The van der Waals surface area contributed by atoms with Crippen molar-refractivity contribution in [1.82, 2.24) is 10.2 Å². The van der Waals surface area contributed by atoms with E-state index in [4.69, 9.17) is 0 Å². The van der Waals surface area contributed by atoms with Crippen LogP contribution < -0.4 is 5.32 Å². The van der Waals surface area contributed by atoms with E-state index in [9.17, 15) is 9.59 Å². The molecule has 1 unspecified atom stereocenters. The van der Waals surface area contributed by atoms with Crippen LogP contribution >= 0.6 is 0 Å². The molecule has 0 heterocycles. The Morgan fingerprint density at radius 3 is 2.18 bits per heavy atom. The number of carbonyl (C=O) groups excluding carboxylic acids is 2. The van der Waals surface area contributed by atoms with Gasteiger partial charge < -0.3 is 10.2 Å². The molecule has 0 aliphatic carbocycles. The SMILES string of the molecule is CCCC(C)C(=O)N(CC)CC(=O)NC(C)C. The molecule has 0 aromatic carbocycles. The Balaban J connectivity index is 4.32. The third kappa shape index (κ3) is 6.29. The maximum atomic E-state index is 12.0. The molecule has 0 aliphatic heterocycles. The third-order valence-corrected chi connectivity index (χ3v) is 2.62. The van der Waals surface area contributed by atoms with Crippen LogP contribution in [0.15, 0.2) is 0 Å². The molecular weight excluding hydrogens is 216 g/mol. The van der Waals surface area contributed by atoms with E-state index in [0.29, 0.717) is 6.54 Å². The highest BCUT2D eigenvalue weighted by atomic mass is 16.2. The standard InChI is InChI=1S/C13H26N2O2/c1-6-8-11(5)13(17)15(7-2)9-12(16)14-10(3)4/h10-11H,6-9H2,1-5H3,(H,14,16). The highest BCUT2D eigenvalue weighted by molar-refractivity contribution is 5.85. The van der Waals surface area contributed by atoms with Gasteiger partial charge in [0, 0.05) is 18.5 Å². The third-order valence-electron chi connectivity index (χ3n) is 2.62. The van der Waals surface area contributed by atoms with Gasteiger partial charge in [0.2, 0.25) is 11.8 Å². The van der Waals surface area contributed by atoms with Gasteiger partial charge in [-0.15, -0.1) is 0 Å². The zero-order chi connectivity index (χ0) is 13.4. The first-order valence-electron chi connectivity index (χ1n) is 6.50. The summed E-state index contributed by atoms with van der Waals surface area (Å²) in [7, 11) is 0. The lowest BCUT2D eigenvalue weighted by Gasteiger charge is -2.24. The van der Waals surface area contributed by atoms with Crippen LogP contribution in [0, 0.1) is 5.92 Å². The molecule has 0 aromatic heterocycles. The van der Waals surface area contributed by atoms with Crippen LogP contribution in [-0.2, 0) is 9.59 Å². The number of hydrogen-bond acceptors (Lipinski definition) is 2. The van der Waals surface area contributed by atoms with Gasteiger partial charge in [-0.1, -0.05) is 20.3 Å². The fourth-order valence-corrected chi connectivity index (χ4v) is 1.75. The van der Waals surface area contributed by atoms with Crippen LogP contribution in [0.2, 0.25) is 0 Å². The number of likely N-dealkylation sites (N-methyl/N-ethyl adjacent to an activating group) is 1. The minimum Gasteiger partial charge on any atom is -0.352 e. The summed E-state index contributed by atoms with van der Waals surface area (Å²) in [6.07, 6.45) is 1.86. The van der Waals surface area contributed by atoms with Gasteiger partial charge in [-0.05, 0) is 27.2 Å². The molecule has 0 spiro atoms. The van der Waals surface area contributed by atoms with Crippen molar-refractivity contribution in [2.75, 3.05) is 13.1 Å². The molecule has 0 saturated heterocycles. The van der Waals surface area contributed by atoms with Crippen LogP contribution in [0.25, 0.3) is 0 Å². The van der Waals surface area contributed by atoms with E-state index in [-0.39, 0.29) is 30.3 Å². The topological polar surface area (TPSA) is 49.4 Å². The second kappa shape index (κ2) is 8.09. The van der Waals surface area contributed by atoms with E-state index < -0.39 is 0 Å². The summed E-state index contributed by atoms with van der Waals surface area (Å²) >= 11 is 0. The Morgan fingerprint density at radius 1 is 1.18 bits per heavy atom. The average molecular weight is 242 g/mol. The van der Waals surface area contributed by atoms with Gasteiger partial charge in [0.25, 0.3) is 0 Å². The van der Waals surface area contributed by atoms with E-state index >= 15 is 0 Å². The van der Waals surface area contributed by atoms with E-state index in [1.54, 1.807) is 4.90 Å². The molecular formula is C13H26N2O2. The molecule has 0 aromatic rings. The monoisotopic (exact) mass is 242 g/mol. The molecule has 0 saturated carbocycles. The number of rotatable bonds is 7. The fourth-order valence-electron chi connectivity index (χ4n) is 1.75. The Hall–Kier alpha value is -1.06. The maximum Gasteiger partial charge on any atom is 0.239 e. The molecule has 4 heteroatoms. The van der Waals surface area contributed by atoms with Crippen LogP contribution in [0.4, 0.5) is 0 Å². The molecule has 0 bridgehead atoms. The molecule has 1 N–H and O–H groups in total. The summed E-state index contributed by atoms with van der Waals surface area (Å²) in [5.74, 6) is -0.000968. The van der Waals surface area contributed by atoms with Crippen molar-refractivity contribution >= 4 is 11.8 Å². The Bertz CT molecular complexity index is 252. The summed E-state index contributed by atoms with van der Waals surface area (Å²) in [4.78, 5) is 25.3. The molecule has 2 amide bonds. The predicted octanol–water partition coefficient (Wildman–Crippen LogP) is 1.80. The molecule has 4 nitrogen and oxygen atoms in total. The average Bonchev–Trinajstić information content (AvgIpc) is 2.24. The van der Waals surface area contributed by atoms with Crippen LogP contribution in [-0.4, -0.2) is 35.8 Å². The first kappa shape index (κ1) is 15.9. The Morgan fingerprint density at radius 2 is 1.76 bits per heavy atom. The largest absolute Gasteiger partial charge is 0.352 e. The molecule has 0 radical (unpaired) electrons. The number of carbonyl (C=O) groups is 2. The smallest absolute Gasteiger partial charge is 0.239 e. The minimum atomic E-state index is -0.0844. The Labute approximate surface area is 105 Å². The number of nitrogens with one attached hydrogen (secondary N) is 1. The van der Waals surface area contributed by atoms with Crippen LogP contribution in [0.3, 0.4) is 0 Å². The molecule has 100 valence electrons. The summed E-state index contributed by atoms with van der Waals surface area (Å²) in [5.41, 5.74) is 0. The van der Waals surface area contributed by atoms with Crippen LogP contribution in [0.5, 0.6) is 0 Å². The summed E-state index contributed by atoms with van der Waals surface area (Å²) in [6.45, 7) is 10.5. The lowest BCUT2D eigenvalue weighted by atomic mass is 10.0. The van der Waals surface area contributed by atoms with Gasteiger partial charge in [0.1, 0.15) is 0 Å². The quantitative estimate of drug-likeness (QED) is 0.740. The Kier molecular flexibility index (Phi) is 7.59. The van der Waals surface area contributed by atoms with Gasteiger partial charge in [-0.25, -0.2) is 0 Å². The van der Waals surface area contributed by atoms with Gasteiger partial charge in [-0.3, -0.25) is 9.59 Å². The predicted molar refractivity (Wildman–Crippen MR) is 69.6 cm³/mol. The van der Waals surface area contributed by atoms with Crippen molar-refractivity contribution in [3.8, 4) is 0 Å². The fraction of sp³-hybridized carbons (Fsp3) is 0.846. The molecule has 1 atom stereocenters. The second-order valence-electron chi connectivity index (χ2n) is 4.76. The van der Waals surface area contributed by atoms with Crippen molar-refractivity contribution in [2.24, 2.45) is 5.92 Å². The van der Waals surface area contributed by atoms with Gasteiger partial charge in [0.15, 0.2) is 0 Å². The zero-order valence-corrected chi connectivity index (χ0v) is 11.7. The highest BCUT2D eigenvalue weighted by Gasteiger charge is 2.20. The number of amides is 2. The molecule has 0 fully saturated rings. The number of hydrogen-bond donors (Lipinski definition) is 1. The molecule has 17 heavy (non-hydrogen) atoms. The first-order valence-corrected chi connectivity index (χ1v) is 6.50. The van der Waals surface area contributed by atoms with Crippen molar-refractivity contribution in [1.29, 1.82) is 0 Å². The van der Waals surface area contributed by atoms with Crippen molar-refractivity contribution in [2.45, 2.75) is 53.5 Å². The highest BCUT2D eigenvalue weighted by Crippen LogP contribution is 2.09. The van der Waals surface area contributed by atoms with Gasteiger partial charge in [0.05, 0.1) is 6.54 Å². The van der Waals surface area contributed by atoms with E-state index in [0.717, 1.165) is 12.8 Å². The van der Waals surface area contributed by atoms with E-state index in [1.165, 1.54) is 0 Å². The second-order valence-corrected chi connectivity index (χ2v) is 4.76. The normalized spacial score (nSPS) is 12.4. The summed E-state index contributed by atoms with van der Waals surface area (Å²) < 4.78 is 0. The first-order chi connectivity index (χ1) is 7.92. The van der Waals surface area contributed by atoms with Crippen molar-refractivity contribution < 1.29 is 9.59 Å². The minimum absolute atomic E-state index is 0.00630. The van der Waals surface area contributed by atoms with Crippen molar-refractivity contribution in [3.05, 3.63) is 0 Å². The van der Waals surface area contributed by atoms with E-state index in [1.807, 2.05) is 27.7 Å². The lowest BCUT2D eigenvalue weighted by molar-refractivity contribution is -0.139. The lowest BCUT2D eigenvalue weighted by Crippen LogP contribution is -2.44. The van der Waals surface area contributed by atoms with E-state index in [2.05, 4.69) is 12.2 Å². The summed E-state index contributed by atoms with van der Waals surface area (Å²) in [6, 6.07) is 0.115. The number of nitrogens with zero attached hydrogens (tertiary/aromatic N) is 1. The van der Waals surface area contributed by atoms with Crippen molar-refractivity contribution in [3.63, 3.8) is 0 Å². The summed E-state index contributed by atoms with van der Waals surface area (Å²) in [5, 5.41) is 2.80. The zero-order valence-electron chi connectivity index (χ0n) is 11.7. The molecule has 0 aliphatic rings. The molecule has 0 rings (SSSR count). The van der Waals surface area contributed by atoms with Gasteiger partial charge >= 0.3 is 0 Å². The van der Waals surface area contributed by atoms with Crippen LogP contribution in [0.1, 0.15) is 47.5 Å².